The van der Waals surface area contributed by atoms with Crippen LogP contribution in [0.25, 0.3) is 11.3 Å². The highest BCUT2D eigenvalue weighted by atomic mass is 79.9. The number of rotatable bonds is 5. The molecule has 2 aromatic rings. The first-order valence-electron chi connectivity index (χ1n) is 6.47. The average Bonchev–Trinajstić information content (AvgIpc) is 2.76. The molecule has 102 valence electrons. The summed E-state index contributed by atoms with van der Waals surface area (Å²) in [6.45, 7) is 8.06. The second kappa shape index (κ2) is 6.35. The van der Waals surface area contributed by atoms with Gasteiger partial charge in [0.2, 0.25) is 5.89 Å². The normalized spacial score (nSPS) is 11.2. The molecule has 19 heavy (non-hydrogen) atoms. The third kappa shape index (κ3) is 4.18. The SMILES string of the molecule is Cc1cc(Br)cc(-c2cnc(CNCC(C)C)o2)c1. The summed E-state index contributed by atoms with van der Waals surface area (Å²) in [5.41, 5.74) is 2.25. The molecule has 0 fully saturated rings. The molecule has 3 nitrogen and oxygen atoms in total. The lowest BCUT2D eigenvalue weighted by Crippen LogP contribution is -2.18. The van der Waals surface area contributed by atoms with Gasteiger partial charge in [-0.25, -0.2) is 4.98 Å². The summed E-state index contributed by atoms with van der Waals surface area (Å²) in [6, 6.07) is 6.21. The van der Waals surface area contributed by atoms with Gasteiger partial charge in [-0.15, -0.1) is 0 Å². The molecule has 1 aromatic heterocycles. The molecule has 1 N–H and O–H groups in total. The highest BCUT2D eigenvalue weighted by Crippen LogP contribution is 2.25. The molecule has 0 amide bonds. The number of hydrogen-bond donors (Lipinski definition) is 1. The molecule has 1 heterocycles. The lowest BCUT2D eigenvalue weighted by atomic mass is 10.1. The Morgan fingerprint density at radius 3 is 2.79 bits per heavy atom. The second-order valence-electron chi connectivity index (χ2n) is 5.16. The first-order valence-corrected chi connectivity index (χ1v) is 7.27. The minimum atomic E-state index is 0.627. The molecule has 1 aromatic carbocycles. The van der Waals surface area contributed by atoms with E-state index in [0.29, 0.717) is 12.5 Å². The largest absolute Gasteiger partial charge is 0.439 e. The lowest BCUT2D eigenvalue weighted by molar-refractivity contribution is 0.459. The van der Waals surface area contributed by atoms with Crippen LogP contribution in [0.2, 0.25) is 0 Å². The first-order chi connectivity index (χ1) is 9.04. The van der Waals surface area contributed by atoms with Crippen LogP contribution in [0.1, 0.15) is 25.3 Å². The van der Waals surface area contributed by atoms with Gasteiger partial charge in [0.1, 0.15) is 0 Å². The predicted molar refractivity (Wildman–Crippen MR) is 80.9 cm³/mol. The van der Waals surface area contributed by atoms with E-state index >= 15 is 0 Å². The summed E-state index contributed by atoms with van der Waals surface area (Å²) in [4.78, 5) is 4.30. The third-order valence-electron chi connectivity index (χ3n) is 2.71. The van der Waals surface area contributed by atoms with Gasteiger partial charge >= 0.3 is 0 Å². The fraction of sp³-hybridized carbons (Fsp3) is 0.400. The maximum atomic E-state index is 5.77. The molecular weight excluding hydrogens is 304 g/mol. The van der Waals surface area contributed by atoms with Crippen LogP contribution in [0, 0.1) is 12.8 Å². The summed E-state index contributed by atoms with van der Waals surface area (Å²) in [5, 5.41) is 3.32. The number of hydrogen-bond acceptors (Lipinski definition) is 3. The number of benzene rings is 1. The first kappa shape index (κ1) is 14.3. The molecule has 0 spiro atoms. The van der Waals surface area contributed by atoms with Crippen molar-refractivity contribution in [3.05, 3.63) is 40.3 Å². The molecule has 0 aliphatic heterocycles. The van der Waals surface area contributed by atoms with Gasteiger partial charge in [-0.05, 0) is 43.1 Å². The van der Waals surface area contributed by atoms with Crippen LogP contribution in [0.15, 0.2) is 33.3 Å². The maximum absolute atomic E-state index is 5.77. The van der Waals surface area contributed by atoms with Crippen LogP contribution in [0.5, 0.6) is 0 Å². The molecule has 2 rings (SSSR count). The van der Waals surface area contributed by atoms with E-state index in [1.165, 1.54) is 5.56 Å². The molecule has 0 aliphatic carbocycles. The van der Waals surface area contributed by atoms with Crippen molar-refractivity contribution in [3.8, 4) is 11.3 Å². The van der Waals surface area contributed by atoms with Gasteiger partial charge in [0, 0.05) is 10.0 Å². The Bertz CT molecular complexity index is 529. The van der Waals surface area contributed by atoms with Gasteiger partial charge in [0.05, 0.1) is 12.7 Å². The number of aryl methyl sites for hydroxylation is 1. The number of oxazole rings is 1. The molecule has 0 atom stereocenters. The van der Waals surface area contributed by atoms with Gasteiger partial charge in [-0.1, -0.05) is 29.8 Å². The number of halogens is 1. The van der Waals surface area contributed by atoms with Crippen molar-refractivity contribution < 1.29 is 4.42 Å². The van der Waals surface area contributed by atoms with Crippen molar-refractivity contribution in [3.63, 3.8) is 0 Å². The minimum absolute atomic E-state index is 0.627. The Morgan fingerprint density at radius 1 is 1.32 bits per heavy atom. The van der Waals surface area contributed by atoms with Crippen LogP contribution in [-0.2, 0) is 6.54 Å². The van der Waals surface area contributed by atoms with E-state index in [0.717, 1.165) is 28.2 Å². The van der Waals surface area contributed by atoms with Gasteiger partial charge in [0.15, 0.2) is 5.76 Å². The zero-order chi connectivity index (χ0) is 13.8. The van der Waals surface area contributed by atoms with Gasteiger partial charge < -0.3 is 9.73 Å². The topological polar surface area (TPSA) is 38.1 Å². The van der Waals surface area contributed by atoms with Crippen LogP contribution < -0.4 is 5.32 Å². The maximum Gasteiger partial charge on any atom is 0.208 e. The van der Waals surface area contributed by atoms with Crippen LogP contribution in [0.3, 0.4) is 0 Å². The Kier molecular flexibility index (Phi) is 4.77. The third-order valence-corrected chi connectivity index (χ3v) is 3.17. The van der Waals surface area contributed by atoms with Crippen LogP contribution in [-0.4, -0.2) is 11.5 Å². The van der Waals surface area contributed by atoms with Crippen molar-refractivity contribution in [2.24, 2.45) is 5.92 Å². The zero-order valence-corrected chi connectivity index (χ0v) is 13.1. The predicted octanol–water partition coefficient (Wildman–Crippen LogP) is 4.16. The van der Waals surface area contributed by atoms with Crippen LogP contribution in [0.4, 0.5) is 0 Å². The Balaban J connectivity index is 2.07. The van der Waals surface area contributed by atoms with Gasteiger partial charge in [-0.2, -0.15) is 0 Å². The van der Waals surface area contributed by atoms with Crippen molar-refractivity contribution in [2.75, 3.05) is 6.54 Å². The monoisotopic (exact) mass is 322 g/mol. The molecule has 0 bridgehead atoms. The number of aromatic nitrogens is 1. The number of nitrogens with one attached hydrogen (secondary N) is 1. The smallest absolute Gasteiger partial charge is 0.208 e. The van der Waals surface area contributed by atoms with E-state index in [-0.39, 0.29) is 0 Å². The van der Waals surface area contributed by atoms with Crippen molar-refractivity contribution in [1.82, 2.24) is 10.3 Å². The van der Waals surface area contributed by atoms with Crippen molar-refractivity contribution in [2.45, 2.75) is 27.3 Å². The fourth-order valence-electron chi connectivity index (χ4n) is 1.87. The second-order valence-corrected chi connectivity index (χ2v) is 6.08. The van der Waals surface area contributed by atoms with Crippen molar-refractivity contribution >= 4 is 15.9 Å². The van der Waals surface area contributed by atoms with E-state index in [1.54, 1.807) is 6.20 Å². The van der Waals surface area contributed by atoms with Crippen molar-refractivity contribution in [1.29, 1.82) is 0 Å². The summed E-state index contributed by atoms with van der Waals surface area (Å²) < 4.78 is 6.82. The van der Waals surface area contributed by atoms with Gasteiger partial charge in [0.25, 0.3) is 0 Å². The summed E-state index contributed by atoms with van der Waals surface area (Å²) in [6.07, 6.45) is 1.79. The number of nitrogens with zero attached hydrogens (tertiary/aromatic N) is 1. The van der Waals surface area contributed by atoms with E-state index in [1.807, 2.05) is 6.07 Å². The highest BCUT2D eigenvalue weighted by molar-refractivity contribution is 9.10. The molecule has 4 heteroatoms. The zero-order valence-electron chi connectivity index (χ0n) is 11.5. The Morgan fingerprint density at radius 2 is 2.11 bits per heavy atom. The van der Waals surface area contributed by atoms with Gasteiger partial charge in [-0.3, -0.25) is 0 Å². The summed E-state index contributed by atoms with van der Waals surface area (Å²) in [7, 11) is 0. The molecule has 0 radical (unpaired) electrons. The molecule has 0 saturated carbocycles. The lowest BCUT2D eigenvalue weighted by Gasteiger charge is -2.04. The summed E-state index contributed by atoms with van der Waals surface area (Å²) in [5.74, 6) is 2.17. The van der Waals surface area contributed by atoms with E-state index in [2.05, 4.69) is 59.1 Å². The Labute approximate surface area is 122 Å². The Hall–Kier alpha value is -1.13. The minimum Gasteiger partial charge on any atom is -0.439 e. The average molecular weight is 323 g/mol. The standard InChI is InChI=1S/C15H19BrN2O/c1-10(2)7-17-9-15-18-8-14(19-15)12-4-11(3)5-13(16)6-12/h4-6,8,10,17H,7,9H2,1-3H3. The fourth-order valence-corrected chi connectivity index (χ4v) is 2.48. The molecule has 0 unspecified atom stereocenters. The van der Waals surface area contributed by atoms with E-state index in [4.69, 9.17) is 4.42 Å². The molecular formula is C15H19BrN2O. The molecule has 0 saturated heterocycles. The van der Waals surface area contributed by atoms with E-state index < -0.39 is 0 Å². The summed E-state index contributed by atoms with van der Waals surface area (Å²) >= 11 is 3.50. The highest BCUT2D eigenvalue weighted by Gasteiger charge is 2.07. The van der Waals surface area contributed by atoms with Crippen LogP contribution >= 0.6 is 15.9 Å². The van der Waals surface area contributed by atoms with E-state index in [9.17, 15) is 0 Å². The quantitative estimate of drug-likeness (QED) is 0.898. The molecule has 0 aliphatic rings.